The molecule has 0 radical (unpaired) electrons. The molecule has 0 spiro atoms. The molecule has 1 unspecified atom stereocenters. The molecule has 1 amide bonds. The van der Waals surface area contributed by atoms with E-state index in [1.165, 1.54) is 4.90 Å². The van der Waals surface area contributed by atoms with E-state index in [9.17, 15) is 9.90 Å². The monoisotopic (exact) mass is 335 g/mol. The van der Waals surface area contributed by atoms with E-state index in [-0.39, 0.29) is 19.1 Å². The third-order valence-electron chi connectivity index (χ3n) is 2.21. The van der Waals surface area contributed by atoms with Crippen LogP contribution in [-0.4, -0.2) is 42.2 Å². The van der Waals surface area contributed by atoms with E-state index in [1.54, 1.807) is 32.2 Å². The van der Waals surface area contributed by atoms with Gasteiger partial charge in [-0.25, -0.2) is 0 Å². The Morgan fingerprint density at radius 1 is 1.61 bits per heavy atom. The Morgan fingerprint density at radius 3 is 2.83 bits per heavy atom. The van der Waals surface area contributed by atoms with Crippen LogP contribution in [0.5, 0.6) is 5.75 Å². The molecule has 1 aromatic rings. The molecule has 1 N–H and O–H groups in total. The fourth-order valence-electron chi connectivity index (χ4n) is 1.34. The van der Waals surface area contributed by atoms with Crippen molar-refractivity contribution in [1.82, 2.24) is 4.90 Å². The molecule has 0 aromatic heterocycles. The third-order valence-corrected chi connectivity index (χ3v) is 3.06. The molecule has 1 aromatic carbocycles. The maximum absolute atomic E-state index is 11.7. The molecule has 6 heteroatoms. The van der Waals surface area contributed by atoms with Crippen molar-refractivity contribution in [1.29, 1.82) is 0 Å². The van der Waals surface area contributed by atoms with E-state index in [0.717, 1.165) is 0 Å². The molecule has 4 nitrogen and oxygen atoms in total. The van der Waals surface area contributed by atoms with Gasteiger partial charge in [-0.1, -0.05) is 11.6 Å². The van der Waals surface area contributed by atoms with E-state index in [4.69, 9.17) is 16.3 Å². The normalized spacial score (nSPS) is 12.1. The van der Waals surface area contributed by atoms with Crippen LogP contribution in [0.3, 0.4) is 0 Å². The number of benzene rings is 1. The number of hydrogen-bond acceptors (Lipinski definition) is 3. The van der Waals surface area contributed by atoms with Gasteiger partial charge in [-0.2, -0.15) is 0 Å². The number of carbonyl (C=O) groups is 1. The highest BCUT2D eigenvalue weighted by Crippen LogP contribution is 2.27. The molecule has 0 heterocycles. The highest BCUT2D eigenvalue weighted by atomic mass is 79.9. The average Bonchev–Trinajstić information content (AvgIpc) is 2.26. The maximum atomic E-state index is 11.7. The number of amides is 1. The summed E-state index contributed by atoms with van der Waals surface area (Å²) in [6, 6.07) is 5.07. The zero-order chi connectivity index (χ0) is 13.7. The molecular weight excluding hydrogens is 321 g/mol. The third kappa shape index (κ3) is 4.84. The Hall–Kier alpha value is -0.780. The molecule has 1 rings (SSSR count). The summed E-state index contributed by atoms with van der Waals surface area (Å²) in [7, 11) is 1.62. The van der Waals surface area contributed by atoms with Crippen molar-refractivity contribution in [2.45, 2.75) is 13.0 Å². The Morgan fingerprint density at radius 2 is 2.28 bits per heavy atom. The number of hydrogen-bond donors (Lipinski definition) is 1. The predicted octanol–water partition coefficient (Wildman–Crippen LogP) is 2.32. The van der Waals surface area contributed by atoms with Crippen LogP contribution in [-0.2, 0) is 4.79 Å². The van der Waals surface area contributed by atoms with E-state index in [1.807, 2.05) is 0 Å². The molecule has 0 saturated carbocycles. The Labute approximate surface area is 120 Å². The van der Waals surface area contributed by atoms with E-state index >= 15 is 0 Å². The summed E-state index contributed by atoms with van der Waals surface area (Å²) in [6.45, 7) is 1.83. The lowest BCUT2D eigenvalue weighted by Crippen LogP contribution is -2.36. The standard InChI is InChI=1S/C12H15BrClNO3/c1-8(16)6-15(2)12(17)7-18-11-4-3-9(14)5-10(11)13/h3-5,8,16H,6-7H2,1-2H3. The van der Waals surface area contributed by atoms with Gasteiger partial charge in [-0.3, -0.25) is 4.79 Å². The van der Waals surface area contributed by atoms with Crippen LogP contribution in [0, 0.1) is 0 Å². The SMILES string of the molecule is CC(O)CN(C)C(=O)COc1ccc(Cl)cc1Br. The molecule has 0 bridgehead atoms. The van der Waals surface area contributed by atoms with Gasteiger partial charge in [-0.05, 0) is 41.1 Å². The molecule has 0 aliphatic carbocycles. The van der Waals surface area contributed by atoms with Crippen molar-refractivity contribution >= 4 is 33.4 Å². The van der Waals surface area contributed by atoms with E-state index in [2.05, 4.69) is 15.9 Å². The molecule has 100 valence electrons. The second-order valence-electron chi connectivity index (χ2n) is 3.99. The van der Waals surface area contributed by atoms with Gasteiger partial charge in [0, 0.05) is 18.6 Å². The van der Waals surface area contributed by atoms with Crippen molar-refractivity contribution in [3.05, 3.63) is 27.7 Å². The first kappa shape index (κ1) is 15.3. The number of halogens is 2. The minimum absolute atomic E-state index is 0.0799. The van der Waals surface area contributed by atoms with E-state index < -0.39 is 6.10 Å². The van der Waals surface area contributed by atoms with Gasteiger partial charge >= 0.3 is 0 Å². The average molecular weight is 337 g/mol. The molecular formula is C12H15BrClNO3. The number of carbonyl (C=O) groups excluding carboxylic acids is 1. The highest BCUT2D eigenvalue weighted by Gasteiger charge is 2.12. The minimum atomic E-state index is -0.554. The zero-order valence-electron chi connectivity index (χ0n) is 10.2. The lowest BCUT2D eigenvalue weighted by Gasteiger charge is -2.19. The van der Waals surface area contributed by atoms with Gasteiger partial charge in [0.05, 0.1) is 10.6 Å². The summed E-state index contributed by atoms with van der Waals surface area (Å²) in [4.78, 5) is 13.1. The van der Waals surface area contributed by atoms with Gasteiger partial charge in [0.15, 0.2) is 6.61 Å². The van der Waals surface area contributed by atoms with Crippen LogP contribution in [0.25, 0.3) is 0 Å². The topological polar surface area (TPSA) is 49.8 Å². The minimum Gasteiger partial charge on any atom is -0.483 e. The number of ether oxygens (including phenoxy) is 1. The first-order chi connectivity index (χ1) is 8.40. The molecule has 0 aliphatic heterocycles. The smallest absolute Gasteiger partial charge is 0.260 e. The number of nitrogens with zero attached hydrogens (tertiary/aromatic N) is 1. The molecule has 0 fully saturated rings. The van der Waals surface area contributed by atoms with Crippen LogP contribution >= 0.6 is 27.5 Å². The summed E-state index contributed by atoms with van der Waals surface area (Å²) in [5.41, 5.74) is 0. The van der Waals surface area contributed by atoms with Gasteiger partial charge in [0.25, 0.3) is 5.91 Å². The highest BCUT2D eigenvalue weighted by molar-refractivity contribution is 9.10. The fraction of sp³-hybridized carbons (Fsp3) is 0.417. The summed E-state index contributed by atoms with van der Waals surface area (Å²) < 4.78 is 6.07. The van der Waals surface area contributed by atoms with Crippen LogP contribution in [0.1, 0.15) is 6.92 Å². The number of aliphatic hydroxyl groups excluding tert-OH is 1. The van der Waals surface area contributed by atoms with Crippen LogP contribution in [0.2, 0.25) is 5.02 Å². The van der Waals surface area contributed by atoms with Crippen molar-refractivity contribution in [3.8, 4) is 5.75 Å². The van der Waals surface area contributed by atoms with Crippen LogP contribution in [0.4, 0.5) is 0 Å². The van der Waals surface area contributed by atoms with Crippen molar-refractivity contribution < 1.29 is 14.6 Å². The zero-order valence-corrected chi connectivity index (χ0v) is 12.5. The van der Waals surface area contributed by atoms with Crippen molar-refractivity contribution in [2.24, 2.45) is 0 Å². The molecule has 0 aliphatic rings. The largest absolute Gasteiger partial charge is 0.483 e. The summed E-state index contributed by atoms with van der Waals surface area (Å²) in [5, 5.41) is 9.76. The van der Waals surface area contributed by atoms with Crippen LogP contribution in [0.15, 0.2) is 22.7 Å². The Balaban J connectivity index is 2.52. The van der Waals surface area contributed by atoms with Gasteiger partial charge in [0.1, 0.15) is 5.75 Å². The quantitative estimate of drug-likeness (QED) is 0.898. The second kappa shape index (κ2) is 6.97. The lowest BCUT2D eigenvalue weighted by atomic mass is 10.3. The summed E-state index contributed by atoms with van der Waals surface area (Å²) >= 11 is 9.10. The molecule has 18 heavy (non-hydrogen) atoms. The number of likely N-dealkylation sites (N-methyl/N-ethyl adjacent to an activating group) is 1. The lowest BCUT2D eigenvalue weighted by molar-refractivity contribution is -0.133. The van der Waals surface area contributed by atoms with Gasteiger partial charge in [-0.15, -0.1) is 0 Å². The predicted molar refractivity (Wildman–Crippen MR) is 74.0 cm³/mol. The first-order valence-corrected chi connectivity index (χ1v) is 6.57. The Kier molecular flexibility index (Phi) is 5.91. The number of aliphatic hydroxyl groups is 1. The second-order valence-corrected chi connectivity index (χ2v) is 5.28. The molecule has 1 atom stereocenters. The van der Waals surface area contributed by atoms with Gasteiger partial charge in [0.2, 0.25) is 0 Å². The Bertz CT molecular complexity index is 426. The number of rotatable bonds is 5. The maximum Gasteiger partial charge on any atom is 0.260 e. The summed E-state index contributed by atoms with van der Waals surface area (Å²) in [6.07, 6.45) is -0.554. The fourth-order valence-corrected chi connectivity index (χ4v) is 2.14. The van der Waals surface area contributed by atoms with Crippen molar-refractivity contribution in [3.63, 3.8) is 0 Å². The molecule has 0 saturated heterocycles. The van der Waals surface area contributed by atoms with Crippen LogP contribution < -0.4 is 4.74 Å². The first-order valence-electron chi connectivity index (χ1n) is 5.40. The van der Waals surface area contributed by atoms with E-state index in [0.29, 0.717) is 15.2 Å². The van der Waals surface area contributed by atoms with Gasteiger partial charge < -0.3 is 14.7 Å². The van der Waals surface area contributed by atoms with Crippen molar-refractivity contribution in [2.75, 3.05) is 20.2 Å². The summed E-state index contributed by atoms with van der Waals surface area (Å²) in [5.74, 6) is 0.357.